The molecule has 4 heteroatoms. The number of unbranched alkanes of at least 4 members (excludes halogenated alkanes) is 3. The number of hydrogen-bond acceptors (Lipinski definition) is 0. The average Bonchev–Trinajstić information content (AvgIpc) is 2.22. The molecule has 86 valence electrons. The minimum absolute atomic E-state index is 0.139. The first-order valence-corrected chi connectivity index (χ1v) is 7.05. The van der Waals surface area contributed by atoms with Gasteiger partial charge in [0.1, 0.15) is 0 Å². The van der Waals surface area contributed by atoms with Crippen molar-refractivity contribution in [2.75, 3.05) is 11.8 Å². The van der Waals surface area contributed by atoms with Gasteiger partial charge in [0, 0.05) is 22.5 Å². The van der Waals surface area contributed by atoms with Crippen LogP contribution in [-0.2, 0) is 0 Å². The summed E-state index contributed by atoms with van der Waals surface area (Å²) in [6.45, 7) is 0. The van der Waals surface area contributed by atoms with Crippen molar-refractivity contribution in [2.24, 2.45) is 0 Å². The standard InChI is InChI=1S/C10H18Cl4/c11-7-9(13)5-3-1-2-4-6-10(14)8-12/h9-10H,1-8H2/t9-,10-/m0/s1. The Balaban J connectivity index is 3.06. The summed E-state index contributed by atoms with van der Waals surface area (Å²) < 4.78 is 0. The van der Waals surface area contributed by atoms with Gasteiger partial charge in [-0.05, 0) is 12.8 Å². The van der Waals surface area contributed by atoms with Crippen molar-refractivity contribution in [3.8, 4) is 0 Å². The lowest BCUT2D eigenvalue weighted by molar-refractivity contribution is 0.590. The van der Waals surface area contributed by atoms with Crippen molar-refractivity contribution in [2.45, 2.75) is 49.3 Å². The molecule has 0 rings (SSSR count). The molecule has 0 aromatic heterocycles. The molecule has 2 atom stereocenters. The second kappa shape index (κ2) is 10.7. The van der Waals surface area contributed by atoms with E-state index in [1.807, 2.05) is 0 Å². The fourth-order valence-corrected chi connectivity index (χ4v) is 1.86. The van der Waals surface area contributed by atoms with Crippen LogP contribution in [0.3, 0.4) is 0 Å². The molecule has 0 nitrogen and oxygen atoms in total. The van der Waals surface area contributed by atoms with Crippen LogP contribution >= 0.6 is 46.4 Å². The second-order valence-corrected chi connectivity index (χ2v) is 5.35. The van der Waals surface area contributed by atoms with E-state index in [1.165, 1.54) is 12.8 Å². The van der Waals surface area contributed by atoms with Gasteiger partial charge in [-0.15, -0.1) is 46.4 Å². The predicted molar refractivity (Wildman–Crippen MR) is 68.4 cm³/mol. The molecule has 0 aliphatic carbocycles. The Morgan fingerprint density at radius 1 is 0.643 bits per heavy atom. The van der Waals surface area contributed by atoms with Crippen LogP contribution in [0.2, 0.25) is 0 Å². The van der Waals surface area contributed by atoms with Gasteiger partial charge in [-0.3, -0.25) is 0 Å². The summed E-state index contributed by atoms with van der Waals surface area (Å²) in [6.07, 6.45) is 6.79. The van der Waals surface area contributed by atoms with Crippen LogP contribution in [0.5, 0.6) is 0 Å². The Morgan fingerprint density at radius 2 is 1.00 bits per heavy atom. The Labute approximate surface area is 107 Å². The SMILES string of the molecule is ClC[C@@H](Cl)CCCCCC[C@H](Cl)CCl. The van der Waals surface area contributed by atoms with Gasteiger partial charge >= 0.3 is 0 Å². The van der Waals surface area contributed by atoms with Gasteiger partial charge in [0.25, 0.3) is 0 Å². The molecule has 0 saturated heterocycles. The lowest BCUT2D eigenvalue weighted by atomic mass is 10.1. The van der Waals surface area contributed by atoms with E-state index in [-0.39, 0.29) is 10.8 Å². The molecule has 0 heterocycles. The van der Waals surface area contributed by atoms with E-state index in [0.717, 1.165) is 25.7 Å². The minimum atomic E-state index is 0.139. The van der Waals surface area contributed by atoms with Crippen LogP contribution in [0.25, 0.3) is 0 Å². The minimum Gasteiger partial charge on any atom is -0.125 e. The molecule has 0 aromatic carbocycles. The fraction of sp³-hybridized carbons (Fsp3) is 1.00. The van der Waals surface area contributed by atoms with Gasteiger partial charge in [0.15, 0.2) is 0 Å². The van der Waals surface area contributed by atoms with E-state index in [0.29, 0.717) is 11.8 Å². The van der Waals surface area contributed by atoms with Crippen LogP contribution in [0.4, 0.5) is 0 Å². The molecular weight excluding hydrogens is 262 g/mol. The van der Waals surface area contributed by atoms with Crippen molar-refractivity contribution < 1.29 is 0 Å². The highest BCUT2D eigenvalue weighted by Gasteiger charge is 2.03. The van der Waals surface area contributed by atoms with E-state index >= 15 is 0 Å². The molecule has 0 saturated carbocycles. The normalized spacial score (nSPS) is 15.4. The second-order valence-electron chi connectivity index (χ2n) is 3.49. The molecule has 0 bridgehead atoms. The maximum atomic E-state index is 5.88. The van der Waals surface area contributed by atoms with Crippen LogP contribution in [0.1, 0.15) is 38.5 Å². The largest absolute Gasteiger partial charge is 0.125 e. The molecule has 0 spiro atoms. The molecule has 0 aliphatic rings. The van der Waals surface area contributed by atoms with Crippen molar-refractivity contribution >= 4 is 46.4 Å². The molecule has 0 amide bonds. The first-order valence-electron chi connectivity index (χ1n) is 5.10. The van der Waals surface area contributed by atoms with Crippen LogP contribution in [0, 0.1) is 0 Å². The fourth-order valence-electron chi connectivity index (χ4n) is 1.24. The summed E-state index contributed by atoms with van der Waals surface area (Å²) in [6, 6.07) is 0. The van der Waals surface area contributed by atoms with E-state index in [9.17, 15) is 0 Å². The van der Waals surface area contributed by atoms with E-state index in [4.69, 9.17) is 46.4 Å². The maximum Gasteiger partial charge on any atom is 0.0471 e. The van der Waals surface area contributed by atoms with Gasteiger partial charge in [-0.1, -0.05) is 25.7 Å². The van der Waals surface area contributed by atoms with Crippen molar-refractivity contribution in [3.63, 3.8) is 0 Å². The topological polar surface area (TPSA) is 0 Å². The first kappa shape index (κ1) is 15.2. The summed E-state index contributed by atoms with van der Waals surface area (Å²) in [5.41, 5.74) is 0. The van der Waals surface area contributed by atoms with E-state index in [1.54, 1.807) is 0 Å². The Kier molecular flexibility index (Phi) is 11.6. The molecular formula is C10H18Cl4. The molecule has 14 heavy (non-hydrogen) atoms. The number of hydrogen-bond donors (Lipinski definition) is 0. The number of halogens is 4. The number of alkyl halides is 4. The van der Waals surface area contributed by atoms with Gasteiger partial charge in [0.05, 0.1) is 0 Å². The van der Waals surface area contributed by atoms with Crippen molar-refractivity contribution in [1.82, 2.24) is 0 Å². The first-order chi connectivity index (χ1) is 6.70. The van der Waals surface area contributed by atoms with Gasteiger partial charge in [0.2, 0.25) is 0 Å². The smallest absolute Gasteiger partial charge is 0.0471 e. The quantitative estimate of drug-likeness (QED) is 0.411. The summed E-state index contributed by atoms with van der Waals surface area (Å²) >= 11 is 22.9. The van der Waals surface area contributed by atoms with Crippen molar-refractivity contribution in [3.05, 3.63) is 0 Å². The Hall–Kier alpha value is 1.16. The molecule has 0 aliphatic heterocycles. The molecule has 0 aromatic rings. The van der Waals surface area contributed by atoms with E-state index < -0.39 is 0 Å². The van der Waals surface area contributed by atoms with Gasteiger partial charge in [-0.2, -0.15) is 0 Å². The molecule has 0 unspecified atom stereocenters. The van der Waals surface area contributed by atoms with Crippen LogP contribution < -0.4 is 0 Å². The third-order valence-electron chi connectivity index (χ3n) is 2.12. The van der Waals surface area contributed by atoms with Gasteiger partial charge < -0.3 is 0 Å². The zero-order valence-electron chi connectivity index (χ0n) is 8.32. The van der Waals surface area contributed by atoms with Gasteiger partial charge in [-0.25, -0.2) is 0 Å². The Bertz CT molecular complexity index is 105. The summed E-state index contributed by atoms with van der Waals surface area (Å²) in [4.78, 5) is 0. The molecule has 0 radical (unpaired) electrons. The monoisotopic (exact) mass is 278 g/mol. The highest BCUT2D eigenvalue weighted by molar-refractivity contribution is 6.28. The molecule has 0 fully saturated rings. The summed E-state index contributed by atoms with van der Waals surface area (Å²) in [7, 11) is 0. The zero-order valence-corrected chi connectivity index (χ0v) is 11.3. The van der Waals surface area contributed by atoms with Crippen LogP contribution in [-0.4, -0.2) is 22.5 Å². The zero-order chi connectivity index (χ0) is 10.8. The lowest BCUT2D eigenvalue weighted by Gasteiger charge is -2.06. The summed E-state index contributed by atoms with van der Waals surface area (Å²) in [5, 5.41) is 0.278. The van der Waals surface area contributed by atoms with E-state index in [2.05, 4.69) is 0 Å². The van der Waals surface area contributed by atoms with Crippen molar-refractivity contribution in [1.29, 1.82) is 0 Å². The highest BCUT2D eigenvalue weighted by atomic mass is 35.5. The lowest BCUT2D eigenvalue weighted by Crippen LogP contribution is -2.00. The summed E-state index contributed by atoms with van der Waals surface area (Å²) in [5.74, 6) is 1.11. The maximum absolute atomic E-state index is 5.88. The number of rotatable bonds is 9. The van der Waals surface area contributed by atoms with Crippen LogP contribution in [0.15, 0.2) is 0 Å². The predicted octanol–water partition coefficient (Wildman–Crippen LogP) is 5.02. The third kappa shape index (κ3) is 9.71. The Morgan fingerprint density at radius 3 is 1.29 bits per heavy atom. The average molecular weight is 280 g/mol. The third-order valence-corrected chi connectivity index (χ3v) is 3.93. The highest BCUT2D eigenvalue weighted by Crippen LogP contribution is 2.14. The molecule has 0 N–H and O–H groups in total.